The van der Waals surface area contributed by atoms with Crippen molar-refractivity contribution in [3.8, 4) is 5.75 Å². The second kappa shape index (κ2) is 9.04. The summed E-state index contributed by atoms with van der Waals surface area (Å²) in [4.78, 5) is 24.3. The number of hydrogen-bond donors (Lipinski definition) is 0. The van der Waals surface area contributed by atoms with Gasteiger partial charge in [0.1, 0.15) is 11.6 Å². The van der Waals surface area contributed by atoms with E-state index in [9.17, 15) is 4.79 Å². The molecule has 1 amide bonds. The van der Waals surface area contributed by atoms with Crippen LogP contribution in [0.5, 0.6) is 5.75 Å². The van der Waals surface area contributed by atoms with Gasteiger partial charge in [0.15, 0.2) is 0 Å². The number of rotatable bonds is 4. The van der Waals surface area contributed by atoms with Gasteiger partial charge >= 0.3 is 0 Å². The van der Waals surface area contributed by atoms with Crippen molar-refractivity contribution in [3.63, 3.8) is 0 Å². The number of carbonyl (C=O) groups is 1. The molecule has 3 aromatic rings. The highest BCUT2D eigenvalue weighted by Crippen LogP contribution is 2.28. The van der Waals surface area contributed by atoms with Gasteiger partial charge in [-0.2, -0.15) is 0 Å². The average molecular weight is 433 g/mol. The van der Waals surface area contributed by atoms with E-state index in [-0.39, 0.29) is 5.91 Å². The standard InChI is InChI=1S/C25H28N4O3/c1-31-22-6-4-21(5-7-22)27-10-12-28(13-11-27)24-23-18-20(3-2-19(23)8-9-26-24)25(30)29-14-16-32-17-15-29/h2-9,18H,10-17H2,1H3. The number of nitrogens with zero attached hydrogens (tertiary/aromatic N) is 4. The molecule has 5 rings (SSSR count). The smallest absolute Gasteiger partial charge is 0.254 e. The van der Waals surface area contributed by atoms with Crippen LogP contribution in [-0.4, -0.2) is 75.4 Å². The third kappa shape index (κ3) is 4.08. The molecule has 0 atom stereocenters. The first-order valence-corrected chi connectivity index (χ1v) is 11.1. The van der Waals surface area contributed by atoms with Crippen LogP contribution in [0.3, 0.4) is 0 Å². The Balaban J connectivity index is 1.35. The Morgan fingerprint density at radius 2 is 1.62 bits per heavy atom. The minimum absolute atomic E-state index is 0.0642. The lowest BCUT2D eigenvalue weighted by Crippen LogP contribution is -2.46. The number of fused-ring (bicyclic) bond motifs is 1. The normalized spacial score (nSPS) is 17.0. The third-order valence-electron chi connectivity index (χ3n) is 6.31. The van der Waals surface area contributed by atoms with E-state index in [1.807, 2.05) is 47.5 Å². The number of pyridine rings is 1. The van der Waals surface area contributed by atoms with Crippen LogP contribution >= 0.6 is 0 Å². The monoisotopic (exact) mass is 432 g/mol. The summed E-state index contributed by atoms with van der Waals surface area (Å²) in [6.07, 6.45) is 1.86. The highest BCUT2D eigenvalue weighted by Gasteiger charge is 2.22. The van der Waals surface area contributed by atoms with E-state index in [1.165, 1.54) is 5.69 Å². The number of carbonyl (C=O) groups excluding carboxylic acids is 1. The van der Waals surface area contributed by atoms with E-state index in [0.717, 1.165) is 48.5 Å². The molecule has 0 bridgehead atoms. The van der Waals surface area contributed by atoms with E-state index in [0.29, 0.717) is 31.9 Å². The number of amides is 1. The third-order valence-corrected chi connectivity index (χ3v) is 6.31. The lowest BCUT2D eigenvalue weighted by atomic mass is 10.1. The van der Waals surface area contributed by atoms with Crippen molar-refractivity contribution in [3.05, 3.63) is 60.3 Å². The fourth-order valence-electron chi connectivity index (χ4n) is 4.46. The maximum absolute atomic E-state index is 13.0. The van der Waals surface area contributed by atoms with Gasteiger partial charge in [-0.3, -0.25) is 4.79 Å². The zero-order valence-corrected chi connectivity index (χ0v) is 18.4. The van der Waals surface area contributed by atoms with Gasteiger partial charge in [-0.1, -0.05) is 6.07 Å². The second-order valence-electron chi connectivity index (χ2n) is 8.15. The molecule has 0 N–H and O–H groups in total. The summed E-state index contributed by atoms with van der Waals surface area (Å²) in [6.45, 7) is 6.07. The van der Waals surface area contributed by atoms with Gasteiger partial charge in [-0.05, 0) is 47.9 Å². The maximum atomic E-state index is 13.0. The van der Waals surface area contributed by atoms with Crippen molar-refractivity contribution in [2.75, 3.05) is 69.4 Å². The molecule has 0 unspecified atom stereocenters. The van der Waals surface area contributed by atoms with Gasteiger partial charge in [-0.15, -0.1) is 0 Å². The summed E-state index contributed by atoms with van der Waals surface area (Å²) in [6, 6.07) is 16.2. The average Bonchev–Trinajstić information content (AvgIpc) is 2.88. The van der Waals surface area contributed by atoms with Gasteiger partial charge in [0.05, 0.1) is 20.3 Å². The first kappa shape index (κ1) is 20.6. The van der Waals surface area contributed by atoms with E-state index in [4.69, 9.17) is 14.5 Å². The zero-order valence-electron chi connectivity index (χ0n) is 18.4. The molecule has 3 heterocycles. The maximum Gasteiger partial charge on any atom is 0.254 e. The molecule has 2 saturated heterocycles. The number of aromatic nitrogens is 1. The summed E-state index contributed by atoms with van der Waals surface area (Å²) in [5.74, 6) is 1.89. The molecule has 0 spiro atoms. The predicted molar refractivity (Wildman–Crippen MR) is 126 cm³/mol. The molecule has 0 radical (unpaired) electrons. The summed E-state index contributed by atoms with van der Waals surface area (Å²) < 4.78 is 10.7. The molecular formula is C25H28N4O3. The number of anilines is 2. The topological polar surface area (TPSA) is 58.1 Å². The summed E-state index contributed by atoms with van der Waals surface area (Å²) >= 11 is 0. The predicted octanol–water partition coefficient (Wildman–Crippen LogP) is 3.04. The largest absolute Gasteiger partial charge is 0.497 e. The van der Waals surface area contributed by atoms with Gasteiger partial charge < -0.3 is 24.2 Å². The Morgan fingerprint density at radius 1 is 0.906 bits per heavy atom. The molecule has 32 heavy (non-hydrogen) atoms. The minimum atomic E-state index is 0.0642. The highest BCUT2D eigenvalue weighted by atomic mass is 16.5. The lowest BCUT2D eigenvalue weighted by molar-refractivity contribution is 0.0303. The van der Waals surface area contributed by atoms with Crippen molar-refractivity contribution in [2.45, 2.75) is 0 Å². The van der Waals surface area contributed by atoms with Crippen molar-refractivity contribution >= 4 is 28.2 Å². The molecule has 2 aromatic carbocycles. The van der Waals surface area contributed by atoms with Crippen LogP contribution in [0.1, 0.15) is 10.4 Å². The minimum Gasteiger partial charge on any atom is -0.497 e. The Labute approximate surface area is 188 Å². The molecule has 0 saturated carbocycles. The lowest BCUT2D eigenvalue weighted by Gasteiger charge is -2.37. The van der Waals surface area contributed by atoms with Gasteiger partial charge in [0.25, 0.3) is 5.91 Å². The first-order valence-electron chi connectivity index (χ1n) is 11.1. The number of benzene rings is 2. The van der Waals surface area contributed by atoms with Crippen molar-refractivity contribution < 1.29 is 14.3 Å². The van der Waals surface area contributed by atoms with Crippen LogP contribution in [0.2, 0.25) is 0 Å². The molecule has 7 heteroatoms. The molecule has 1 aromatic heterocycles. The number of methoxy groups -OCH3 is 1. The Bertz CT molecular complexity index is 1090. The summed E-state index contributed by atoms with van der Waals surface area (Å²) in [5, 5.41) is 2.13. The van der Waals surface area contributed by atoms with E-state index < -0.39 is 0 Å². The SMILES string of the molecule is COc1ccc(N2CCN(c3nccc4ccc(C(=O)N5CCOCC5)cc34)CC2)cc1. The highest BCUT2D eigenvalue weighted by molar-refractivity contribution is 6.01. The number of ether oxygens (including phenoxy) is 2. The first-order chi connectivity index (χ1) is 15.7. The van der Waals surface area contributed by atoms with Crippen LogP contribution < -0.4 is 14.5 Å². The molecule has 2 aliphatic heterocycles. The van der Waals surface area contributed by atoms with Crippen LogP contribution in [0.15, 0.2) is 54.7 Å². The van der Waals surface area contributed by atoms with E-state index in [1.54, 1.807) is 7.11 Å². The molecule has 7 nitrogen and oxygen atoms in total. The van der Waals surface area contributed by atoms with Crippen LogP contribution in [0.4, 0.5) is 11.5 Å². The van der Waals surface area contributed by atoms with Gasteiger partial charge in [0, 0.05) is 62.1 Å². The Hall–Kier alpha value is -3.32. The zero-order chi connectivity index (χ0) is 21.9. The number of piperazine rings is 1. The van der Waals surface area contributed by atoms with Crippen LogP contribution in [0.25, 0.3) is 10.8 Å². The fourth-order valence-corrected chi connectivity index (χ4v) is 4.46. The molecule has 2 aliphatic rings. The summed E-state index contributed by atoms with van der Waals surface area (Å²) in [7, 11) is 1.69. The molecule has 0 aliphatic carbocycles. The van der Waals surface area contributed by atoms with Gasteiger partial charge in [-0.25, -0.2) is 4.98 Å². The van der Waals surface area contributed by atoms with Crippen molar-refractivity contribution in [2.24, 2.45) is 0 Å². The van der Waals surface area contributed by atoms with Crippen LogP contribution in [0, 0.1) is 0 Å². The second-order valence-corrected chi connectivity index (χ2v) is 8.15. The molecule has 166 valence electrons. The number of hydrogen-bond acceptors (Lipinski definition) is 6. The quantitative estimate of drug-likeness (QED) is 0.632. The van der Waals surface area contributed by atoms with E-state index >= 15 is 0 Å². The van der Waals surface area contributed by atoms with Gasteiger partial charge in [0.2, 0.25) is 0 Å². The van der Waals surface area contributed by atoms with Crippen LogP contribution in [-0.2, 0) is 4.74 Å². The number of morpholine rings is 1. The van der Waals surface area contributed by atoms with E-state index in [2.05, 4.69) is 21.9 Å². The molecular weight excluding hydrogens is 404 g/mol. The van der Waals surface area contributed by atoms with Crippen molar-refractivity contribution in [1.29, 1.82) is 0 Å². The van der Waals surface area contributed by atoms with Crippen molar-refractivity contribution in [1.82, 2.24) is 9.88 Å². The Morgan fingerprint density at radius 3 is 2.34 bits per heavy atom. The fraction of sp³-hybridized carbons (Fsp3) is 0.360. The molecule has 2 fully saturated rings. The Kier molecular flexibility index (Phi) is 5.81. The summed E-state index contributed by atoms with van der Waals surface area (Å²) in [5.41, 5.74) is 1.92.